The number of nitrogens with zero attached hydrogens (tertiary/aromatic N) is 1. The lowest BCUT2D eigenvalue weighted by Gasteiger charge is -2.14. The molecule has 0 aliphatic heterocycles. The van der Waals surface area contributed by atoms with Gasteiger partial charge in [0.25, 0.3) is 0 Å². The third kappa shape index (κ3) is 3.98. The average Bonchev–Trinajstić information content (AvgIpc) is 2.50. The fraction of sp³-hybridized carbons (Fsp3) is 0.125. The zero-order chi connectivity index (χ0) is 15.2. The van der Waals surface area contributed by atoms with E-state index >= 15 is 0 Å². The number of esters is 1. The average molecular weight is 302 g/mol. The Morgan fingerprint density at radius 1 is 1.19 bits per heavy atom. The molecule has 0 saturated carbocycles. The summed E-state index contributed by atoms with van der Waals surface area (Å²) in [5.41, 5.74) is 0.522. The van der Waals surface area contributed by atoms with Crippen LogP contribution in [-0.4, -0.2) is 12.1 Å². The molecule has 0 heterocycles. The summed E-state index contributed by atoms with van der Waals surface area (Å²) in [4.78, 5) is 11.9. The fourth-order valence-corrected chi connectivity index (χ4v) is 1.75. The number of hydrogen-bond donors (Lipinski definition) is 0. The van der Waals surface area contributed by atoms with Crippen LogP contribution in [0.15, 0.2) is 48.5 Å². The highest BCUT2D eigenvalue weighted by atomic mass is 35.5. The molecule has 106 valence electrons. The zero-order valence-corrected chi connectivity index (χ0v) is 12.0. The predicted octanol–water partition coefficient (Wildman–Crippen LogP) is 3.58. The molecule has 4 nitrogen and oxygen atoms in total. The van der Waals surface area contributed by atoms with E-state index in [-0.39, 0.29) is 0 Å². The van der Waals surface area contributed by atoms with Crippen LogP contribution < -0.4 is 9.47 Å². The Morgan fingerprint density at radius 2 is 1.86 bits per heavy atom. The molecule has 0 bridgehead atoms. The van der Waals surface area contributed by atoms with Gasteiger partial charge < -0.3 is 9.47 Å². The van der Waals surface area contributed by atoms with Crippen LogP contribution in [0.25, 0.3) is 0 Å². The predicted molar refractivity (Wildman–Crippen MR) is 78.3 cm³/mol. The van der Waals surface area contributed by atoms with Crippen LogP contribution >= 0.6 is 11.6 Å². The molecule has 5 heteroatoms. The highest BCUT2D eigenvalue weighted by Crippen LogP contribution is 2.24. The number of carbonyl (C=O) groups excluding carboxylic acids is 1. The summed E-state index contributed by atoms with van der Waals surface area (Å²) in [6.07, 6.45) is -0.797. The monoisotopic (exact) mass is 301 g/mol. The third-order valence-corrected chi connectivity index (χ3v) is 2.99. The number of ether oxygens (including phenoxy) is 2. The van der Waals surface area contributed by atoms with Crippen LogP contribution in [0.4, 0.5) is 0 Å². The van der Waals surface area contributed by atoms with Crippen LogP contribution in [0.5, 0.6) is 11.5 Å². The Morgan fingerprint density at radius 3 is 2.48 bits per heavy atom. The molecule has 0 fully saturated rings. The molecule has 0 saturated heterocycles. The van der Waals surface area contributed by atoms with E-state index in [1.54, 1.807) is 55.5 Å². The Balaban J connectivity index is 1.99. The number of nitriles is 1. The maximum absolute atomic E-state index is 11.9. The molecule has 1 unspecified atom stereocenters. The summed E-state index contributed by atoms with van der Waals surface area (Å²) in [6, 6.07) is 15.2. The van der Waals surface area contributed by atoms with Crippen molar-refractivity contribution in [3.8, 4) is 17.6 Å². The molecule has 0 aliphatic carbocycles. The highest BCUT2D eigenvalue weighted by Gasteiger charge is 2.18. The summed E-state index contributed by atoms with van der Waals surface area (Å²) in [5, 5.41) is 9.07. The molecule has 21 heavy (non-hydrogen) atoms. The third-order valence-electron chi connectivity index (χ3n) is 2.68. The summed E-state index contributed by atoms with van der Waals surface area (Å²) in [5.74, 6) is 0.226. The number of carbonyl (C=O) groups is 1. The Labute approximate surface area is 127 Å². The maximum Gasteiger partial charge on any atom is 0.352 e. The largest absolute Gasteiger partial charge is 0.479 e. The van der Waals surface area contributed by atoms with Crippen molar-refractivity contribution >= 4 is 17.6 Å². The number of benzene rings is 2. The number of halogens is 1. The van der Waals surface area contributed by atoms with Gasteiger partial charge in [0.1, 0.15) is 11.5 Å². The van der Waals surface area contributed by atoms with Crippen molar-refractivity contribution in [1.29, 1.82) is 5.26 Å². The van der Waals surface area contributed by atoms with E-state index in [1.165, 1.54) is 0 Å². The van der Waals surface area contributed by atoms with Crippen LogP contribution in [0.2, 0.25) is 5.02 Å². The first-order chi connectivity index (χ1) is 10.1. The van der Waals surface area contributed by atoms with E-state index in [1.807, 2.05) is 6.07 Å². The van der Waals surface area contributed by atoms with E-state index in [0.717, 1.165) is 0 Å². The second-order valence-corrected chi connectivity index (χ2v) is 4.65. The number of para-hydroxylation sites is 1. The van der Waals surface area contributed by atoms with E-state index in [4.69, 9.17) is 26.3 Å². The van der Waals surface area contributed by atoms with Crippen LogP contribution in [-0.2, 0) is 4.79 Å². The summed E-state index contributed by atoms with van der Waals surface area (Å²) in [7, 11) is 0. The maximum atomic E-state index is 11.9. The second kappa shape index (κ2) is 6.78. The SMILES string of the molecule is CC(Oc1ccc(C#N)cc1)C(=O)Oc1ccccc1Cl. The molecule has 0 N–H and O–H groups in total. The fourth-order valence-electron chi connectivity index (χ4n) is 1.58. The Kier molecular flexibility index (Phi) is 4.81. The van der Waals surface area contributed by atoms with Crippen molar-refractivity contribution in [2.75, 3.05) is 0 Å². The van der Waals surface area contributed by atoms with Gasteiger partial charge in [-0.25, -0.2) is 4.79 Å². The van der Waals surface area contributed by atoms with Gasteiger partial charge >= 0.3 is 5.97 Å². The van der Waals surface area contributed by atoms with E-state index < -0.39 is 12.1 Å². The smallest absolute Gasteiger partial charge is 0.352 e. The van der Waals surface area contributed by atoms with Crippen molar-refractivity contribution in [2.24, 2.45) is 0 Å². The molecular weight excluding hydrogens is 290 g/mol. The molecule has 2 aromatic carbocycles. The Bertz CT molecular complexity index is 677. The molecule has 2 rings (SSSR count). The van der Waals surface area contributed by atoms with Crippen molar-refractivity contribution in [3.63, 3.8) is 0 Å². The molecule has 2 aromatic rings. The molecule has 0 aromatic heterocycles. The van der Waals surface area contributed by atoms with Gasteiger partial charge in [-0.15, -0.1) is 0 Å². The lowest BCUT2D eigenvalue weighted by atomic mass is 10.2. The van der Waals surface area contributed by atoms with Crippen LogP contribution in [0, 0.1) is 11.3 Å². The van der Waals surface area contributed by atoms with Crippen molar-refractivity contribution in [3.05, 3.63) is 59.1 Å². The van der Waals surface area contributed by atoms with Crippen molar-refractivity contribution in [2.45, 2.75) is 13.0 Å². The van der Waals surface area contributed by atoms with Gasteiger partial charge in [0.15, 0.2) is 6.10 Å². The minimum Gasteiger partial charge on any atom is -0.479 e. The van der Waals surface area contributed by atoms with Gasteiger partial charge in [-0.2, -0.15) is 5.26 Å². The molecular formula is C16H12ClNO3. The highest BCUT2D eigenvalue weighted by molar-refractivity contribution is 6.32. The molecule has 0 spiro atoms. The summed E-state index contributed by atoms with van der Waals surface area (Å²) >= 11 is 5.92. The van der Waals surface area contributed by atoms with Crippen molar-refractivity contribution in [1.82, 2.24) is 0 Å². The standard InChI is InChI=1S/C16H12ClNO3/c1-11(20-13-8-6-12(10-18)7-9-13)16(19)21-15-5-3-2-4-14(15)17/h2-9,11H,1H3. The van der Waals surface area contributed by atoms with Gasteiger partial charge in [0.2, 0.25) is 0 Å². The quantitative estimate of drug-likeness (QED) is 0.639. The van der Waals surface area contributed by atoms with Gasteiger partial charge in [-0.3, -0.25) is 0 Å². The van der Waals surface area contributed by atoms with Crippen molar-refractivity contribution < 1.29 is 14.3 Å². The number of rotatable bonds is 4. The minimum absolute atomic E-state index is 0.291. The number of hydrogen-bond acceptors (Lipinski definition) is 4. The van der Waals surface area contributed by atoms with Crippen LogP contribution in [0.1, 0.15) is 12.5 Å². The Hall–Kier alpha value is -2.51. The normalized spacial score (nSPS) is 11.3. The topological polar surface area (TPSA) is 59.3 Å². The van der Waals surface area contributed by atoms with Gasteiger partial charge in [0, 0.05) is 0 Å². The van der Waals surface area contributed by atoms with E-state index in [9.17, 15) is 4.79 Å². The molecule has 0 radical (unpaired) electrons. The minimum atomic E-state index is -0.797. The van der Waals surface area contributed by atoms with Gasteiger partial charge in [-0.1, -0.05) is 23.7 Å². The summed E-state index contributed by atoms with van der Waals surface area (Å²) < 4.78 is 10.6. The zero-order valence-electron chi connectivity index (χ0n) is 11.2. The first kappa shape index (κ1) is 14.9. The molecule has 0 aliphatic rings. The second-order valence-electron chi connectivity index (χ2n) is 4.25. The van der Waals surface area contributed by atoms with E-state index in [0.29, 0.717) is 22.1 Å². The molecule has 0 amide bonds. The van der Waals surface area contributed by atoms with E-state index in [2.05, 4.69) is 0 Å². The lowest BCUT2D eigenvalue weighted by molar-refractivity contribution is -0.141. The van der Waals surface area contributed by atoms with Crippen LogP contribution in [0.3, 0.4) is 0 Å². The summed E-state index contributed by atoms with van der Waals surface area (Å²) in [6.45, 7) is 1.58. The van der Waals surface area contributed by atoms with Gasteiger partial charge in [-0.05, 0) is 43.3 Å². The van der Waals surface area contributed by atoms with Gasteiger partial charge in [0.05, 0.1) is 16.7 Å². The first-order valence-electron chi connectivity index (χ1n) is 6.23. The first-order valence-corrected chi connectivity index (χ1v) is 6.61. The lowest BCUT2D eigenvalue weighted by Crippen LogP contribution is -2.28. The molecule has 1 atom stereocenters.